The molecule has 0 saturated carbocycles. The third-order valence-corrected chi connectivity index (χ3v) is 8.97. The molecule has 1 atom stereocenters. The fourth-order valence-corrected chi connectivity index (χ4v) is 7.07. The summed E-state index contributed by atoms with van der Waals surface area (Å²) in [7, 11) is -3.02. The van der Waals surface area contributed by atoms with Gasteiger partial charge in [0.05, 0.1) is 17.3 Å². The lowest BCUT2D eigenvalue weighted by Gasteiger charge is -2.26. The van der Waals surface area contributed by atoms with Crippen LogP contribution in [0.3, 0.4) is 0 Å². The Balaban J connectivity index is 1.62. The zero-order valence-corrected chi connectivity index (χ0v) is 20.0. The van der Waals surface area contributed by atoms with Crippen LogP contribution in [0.5, 0.6) is 0 Å². The predicted octanol–water partition coefficient (Wildman–Crippen LogP) is 3.53. The standard InChI is InChI=1S/C20H28N4O3S3/c1-4-14-8-7-9-15(5-2)18(14)21-19-22-23-20(29-19)28-12-17(25)24(6-3)16-10-11-30(26,27)13-16/h7-9,16H,4-6,10-13H2,1-3H3,(H,21,22). The first-order valence-corrected chi connectivity index (χ1v) is 13.8. The zero-order chi connectivity index (χ0) is 21.7. The number of benzene rings is 1. The van der Waals surface area contributed by atoms with Gasteiger partial charge in [0.15, 0.2) is 14.2 Å². The van der Waals surface area contributed by atoms with Crippen LogP contribution >= 0.6 is 23.1 Å². The molecule has 1 aliphatic rings. The third kappa shape index (κ3) is 5.53. The second kappa shape index (κ2) is 10.1. The number of nitrogens with zero attached hydrogens (tertiary/aromatic N) is 3. The van der Waals surface area contributed by atoms with Crippen LogP contribution < -0.4 is 5.32 Å². The van der Waals surface area contributed by atoms with Crippen molar-refractivity contribution in [2.45, 2.75) is 50.4 Å². The lowest BCUT2D eigenvalue weighted by atomic mass is 10.0. The van der Waals surface area contributed by atoms with Gasteiger partial charge in [-0.05, 0) is 37.3 Å². The van der Waals surface area contributed by atoms with E-state index in [2.05, 4.69) is 47.6 Å². The number of aromatic nitrogens is 2. The smallest absolute Gasteiger partial charge is 0.233 e. The van der Waals surface area contributed by atoms with E-state index < -0.39 is 9.84 Å². The maximum atomic E-state index is 12.7. The lowest BCUT2D eigenvalue weighted by Crippen LogP contribution is -2.41. The highest BCUT2D eigenvalue weighted by Crippen LogP contribution is 2.31. The van der Waals surface area contributed by atoms with E-state index in [9.17, 15) is 13.2 Å². The van der Waals surface area contributed by atoms with E-state index in [1.165, 1.54) is 34.2 Å². The number of para-hydroxylation sites is 1. The van der Waals surface area contributed by atoms with Gasteiger partial charge >= 0.3 is 0 Å². The Hall–Kier alpha value is -1.65. The molecule has 30 heavy (non-hydrogen) atoms. The normalized spacial score (nSPS) is 17.8. The Morgan fingerprint density at radius 1 is 1.23 bits per heavy atom. The molecule has 0 bridgehead atoms. The summed E-state index contributed by atoms with van der Waals surface area (Å²) in [5.74, 6) is 0.406. The maximum Gasteiger partial charge on any atom is 0.233 e. The average molecular weight is 469 g/mol. The second-order valence-corrected chi connectivity index (χ2v) is 11.6. The minimum atomic E-state index is -3.02. The number of thioether (sulfide) groups is 1. The van der Waals surface area contributed by atoms with Gasteiger partial charge in [0.25, 0.3) is 0 Å². The number of nitrogens with one attached hydrogen (secondary N) is 1. The molecule has 3 rings (SSSR count). The van der Waals surface area contributed by atoms with Crippen LogP contribution in [0.1, 0.15) is 38.3 Å². The maximum absolute atomic E-state index is 12.7. The molecule has 2 aromatic rings. The summed E-state index contributed by atoms with van der Waals surface area (Å²) in [6.45, 7) is 6.65. The molecule has 0 spiro atoms. The molecule has 1 fully saturated rings. The predicted molar refractivity (Wildman–Crippen MR) is 124 cm³/mol. The summed E-state index contributed by atoms with van der Waals surface area (Å²) in [4.78, 5) is 14.3. The van der Waals surface area contributed by atoms with Gasteiger partial charge in [0, 0.05) is 18.3 Å². The number of anilines is 2. The van der Waals surface area contributed by atoms with E-state index in [1.807, 2.05) is 6.92 Å². The monoisotopic (exact) mass is 468 g/mol. The largest absolute Gasteiger partial charge is 0.338 e. The number of carbonyl (C=O) groups excluding carboxylic acids is 1. The van der Waals surface area contributed by atoms with Crippen molar-refractivity contribution in [3.05, 3.63) is 29.3 Å². The molecule has 1 aromatic carbocycles. The highest BCUT2D eigenvalue weighted by Gasteiger charge is 2.33. The molecule has 164 valence electrons. The molecule has 0 aliphatic carbocycles. The highest BCUT2D eigenvalue weighted by molar-refractivity contribution is 8.01. The van der Waals surface area contributed by atoms with Gasteiger partial charge in [-0.2, -0.15) is 0 Å². The van der Waals surface area contributed by atoms with Crippen LogP contribution in [0.15, 0.2) is 22.5 Å². The SMILES string of the molecule is CCc1cccc(CC)c1Nc1nnc(SCC(=O)N(CC)C2CCS(=O)(=O)C2)s1. The first-order valence-electron chi connectivity index (χ1n) is 10.2. The number of hydrogen-bond donors (Lipinski definition) is 1. The fourth-order valence-electron chi connectivity index (χ4n) is 3.69. The van der Waals surface area contributed by atoms with Crippen LogP contribution in [0.4, 0.5) is 10.8 Å². The minimum Gasteiger partial charge on any atom is -0.338 e. The van der Waals surface area contributed by atoms with Crippen molar-refractivity contribution in [2.24, 2.45) is 0 Å². The Morgan fingerprint density at radius 3 is 2.50 bits per heavy atom. The van der Waals surface area contributed by atoms with E-state index in [-0.39, 0.29) is 29.2 Å². The van der Waals surface area contributed by atoms with Gasteiger partial charge in [-0.25, -0.2) is 8.42 Å². The van der Waals surface area contributed by atoms with Crippen molar-refractivity contribution in [1.82, 2.24) is 15.1 Å². The Bertz CT molecular complexity index is 969. The van der Waals surface area contributed by atoms with E-state index in [0.29, 0.717) is 22.4 Å². The van der Waals surface area contributed by atoms with Gasteiger partial charge in [0.1, 0.15) is 0 Å². The van der Waals surface area contributed by atoms with Crippen molar-refractivity contribution in [3.8, 4) is 0 Å². The highest BCUT2D eigenvalue weighted by atomic mass is 32.2. The van der Waals surface area contributed by atoms with Crippen LogP contribution in [0, 0.1) is 0 Å². The Kier molecular flexibility index (Phi) is 7.75. The molecule has 1 amide bonds. The lowest BCUT2D eigenvalue weighted by molar-refractivity contribution is -0.129. The number of amides is 1. The van der Waals surface area contributed by atoms with Gasteiger partial charge in [-0.15, -0.1) is 10.2 Å². The number of sulfone groups is 1. The van der Waals surface area contributed by atoms with E-state index in [0.717, 1.165) is 18.5 Å². The number of rotatable bonds is 9. The van der Waals surface area contributed by atoms with Gasteiger partial charge in [-0.1, -0.05) is 55.1 Å². The quantitative estimate of drug-likeness (QED) is 0.563. The molecule has 10 heteroatoms. The summed E-state index contributed by atoms with van der Waals surface area (Å²) >= 11 is 2.77. The van der Waals surface area contributed by atoms with Gasteiger partial charge in [0.2, 0.25) is 11.0 Å². The minimum absolute atomic E-state index is 0.0566. The number of carbonyl (C=O) groups is 1. The molecule has 0 radical (unpaired) electrons. The molecular weight excluding hydrogens is 440 g/mol. The summed E-state index contributed by atoms with van der Waals surface area (Å²) in [6, 6.07) is 6.08. The third-order valence-electron chi connectivity index (χ3n) is 5.27. The Labute approximate surface area is 186 Å². The molecule has 1 unspecified atom stereocenters. The average Bonchev–Trinajstić information content (AvgIpc) is 3.33. The van der Waals surface area contributed by atoms with E-state index in [1.54, 1.807) is 4.90 Å². The van der Waals surface area contributed by atoms with Gasteiger partial charge in [-0.3, -0.25) is 4.79 Å². The Morgan fingerprint density at radius 2 is 1.93 bits per heavy atom. The summed E-state index contributed by atoms with van der Waals surface area (Å²) in [5, 5.41) is 12.5. The number of hydrogen-bond acceptors (Lipinski definition) is 8. The van der Waals surface area contributed by atoms with Crippen LogP contribution in [-0.2, 0) is 27.5 Å². The molecule has 1 aliphatic heterocycles. The summed E-state index contributed by atoms with van der Waals surface area (Å²) < 4.78 is 24.2. The first kappa shape index (κ1) is 23.0. The van der Waals surface area contributed by atoms with Crippen LogP contribution in [-0.4, -0.2) is 59.3 Å². The molecule has 1 saturated heterocycles. The second-order valence-electron chi connectivity index (χ2n) is 7.18. The van der Waals surface area contributed by atoms with E-state index >= 15 is 0 Å². The molecule has 7 nitrogen and oxygen atoms in total. The molecule has 2 heterocycles. The molecule has 1 aromatic heterocycles. The van der Waals surface area contributed by atoms with Crippen molar-refractivity contribution in [2.75, 3.05) is 29.1 Å². The fraction of sp³-hybridized carbons (Fsp3) is 0.550. The number of aryl methyl sites for hydroxylation is 2. The van der Waals surface area contributed by atoms with Crippen LogP contribution in [0.2, 0.25) is 0 Å². The van der Waals surface area contributed by atoms with Crippen molar-refractivity contribution >= 4 is 49.7 Å². The molecule has 1 N–H and O–H groups in total. The van der Waals surface area contributed by atoms with Crippen LogP contribution in [0.25, 0.3) is 0 Å². The summed E-state index contributed by atoms with van der Waals surface area (Å²) in [6.07, 6.45) is 2.37. The summed E-state index contributed by atoms with van der Waals surface area (Å²) in [5.41, 5.74) is 3.56. The first-order chi connectivity index (χ1) is 14.4. The van der Waals surface area contributed by atoms with Crippen molar-refractivity contribution < 1.29 is 13.2 Å². The van der Waals surface area contributed by atoms with E-state index in [4.69, 9.17) is 0 Å². The topological polar surface area (TPSA) is 92.3 Å². The van der Waals surface area contributed by atoms with Crippen molar-refractivity contribution in [3.63, 3.8) is 0 Å². The zero-order valence-electron chi connectivity index (χ0n) is 17.6. The van der Waals surface area contributed by atoms with Gasteiger partial charge < -0.3 is 10.2 Å². The van der Waals surface area contributed by atoms with Crippen molar-refractivity contribution in [1.29, 1.82) is 0 Å². The molecular formula is C20H28N4O3S3.